The molecular formula is C25H19F2N9O. The first-order chi connectivity index (χ1) is 18.0. The highest BCUT2D eigenvalue weighted by atomic mass is 19.1. The van der Waals surface area contributed by atoms with E-state index in [2.05, 4.69) is 41.5 Å². The maximum Gasteiger partial charge on any atom is 0.261 e. The molecule has 1 fully saturated rings. The van der Waals surface area contributed by atoms with Gasteiger partial charge in [-0.15, -0.1) is 0 Å². The van der Waals surface area contributed by atoms with E-state index in [1.165, 1.54) is 23.0 Å². The van der Waals surface area contributed by atoms with Crippen LogP contribution in [-0.2, 0) is 0 Å². The highest BCUT2D eigenvalue weighted by molar-refractivity contribution is 5.86. The number of hydrogen-bond acceptors (Lipinski definition) is 8. The molecule has 1 aliphatic rings. The molecule has 3 aromatic heterocycles. The van der Waals surface area contributed by atoms with Gasteiger partial charge in [0.25, 0.3) is 5.56 Å². The van der Waals surface area contributed by atoms with Crippen LogP contribution in [-0.4, -0.2) is 50.5 Å². The number of aromatic nitrogens is 5. The van der Waals surface area contributed by atoms with Crippen LogP contribution in [0.2, 0.25) is 0 Å². The number of H-pyrrole nitrogens is 1. The lowest BCUT2D eigenvalue weighted by Crippen LogP contribution is -2.43. The fourth-order valence-electron chi connectivity index (χ4n) is 4.55. The molecule has 6 rings (SSSR count). The maximum atomic E-state index is 15.0. The molecular weight excluding hydrogens is 480 g/mol. The third-order valence-corrected chi connectivity index (χ3v) is 6.28. The summed E-state index contributed by atoms with van der Waals surface area (Å²) in [5.41, 5.74) is 1.82. The van der Waals surface area contributed by atoms with Crippen molar-refractivity contribution in [3.05, 3.63) is 76.6 Å². The molecule has 0 aliphatic carbocycles. The number of rotatable bonds is 4. The molecule has 5 aromatic rings. The van der Waals surface area contributed by atoms with Gasteiger partial charge in [0.05, 0.1) is 34.5 Å². The van der Waals surface area contributed by atoms with Crippen LogP contribution in [0.25, 0.3) is 27.8 Å². The molecule has 0 amide bonds. The number of hydrogen-bond donors (Lipinski definition) is 3. The zero-order valence-corrected chi connectivity index (χ0v) is 19.3. The van der Waals surface area contributed by atoms with E-state index in [0.29, 0.717) is 16.9 Å². The number of benzene rings is 2. The molecule has 12 heteroatoms. The van der Waals surface area contributed by atoms with E-state index in [-0.39, 0.29) is 28.1 Å². The predicted molar refractivity (Wildman–Crippen MR) is 134 cm³/mol. The van der Waals surface area contributed by atoms with Gasteiger partial charge in [-0.25, -0.2) is 23.7 Å². The van der Waals surface area contributed by atoms with Gasteiger partial charge in [0.15, 0.2) is 5.82 Å². The number of imidazole rings is 1. The van der Waals surface area contributed by atoms with Crippen molar-refractivity contribution in [2.75, 3.05) is 36.4 Å². The maximum absolute atomic E-state index is 15.0. The number of fused-ring (bicyclic) bond motifs is 3. The molecule has 2 aromatic carbocycles. The third kappa shape index (κ3) is 4.01. The summed E-state index contributed by atoms with van der Waals surface area (Å²) in [5, 5.41) is 15.8. The predicted octanol–water partition coefficient (Wildman–Crippen LogP) is 2.94. The van der Waals surface area contributed by atoms with Crippen molar-refractivity contribution < 1.29 is 8.78 Å². The Bertz CT molecular complexity index is 1770. The van der Waals surface area contributed by atoms with Gasteiger partial charge in [-0.05, 0) is 30.3 Å². The smallest absolute Gasteiger partial charge is 0.261 e. The van der Waals surface area contributed by atoms with Crippen LogP contribution in [0.3, 0.4) is 0 Å². The third-order valence-electron chi connectivity index (χ3n) is 6.28. The van der Waals surface area contributed by atoms with Gasteiger partial charge in [0.1, 0.15) is 29.6 Å². The van der Waals surface area contributed by atoms with Crippen molar-refractivity contribution in [2.45, 2.75) is 0 Å². The van der Waals surface area contributed by atoms with Crippen LogP contribution in [0.15, 0.2) is 53.8 Å². The van der Waals surface area contributed by atoms with E-state index < -0.39 is 17.2 Å². The second-order valence-electron chi connectivity index (χ2n) is 8.55. The average Bonchev–Trinajstić information content (AvgIpc) is 3.38. The van der Waals surface area contributed by atoms with Gasteiger partial charge in [-0.1, -0.05) is 0 Å². The van der Waals surface area contributed by atoms with E-state index in [4.69, 9.17) is 0 Å². The second kappa shape index (κ2) is 8.96. The largest absolute Gasteiger partial charge is 0.368 e. The van der Waals surface area contributed by atoms with Crippen molar-refractivity contribution in [1.29, 1.82) is 5.26 Å². The molecule has 0 bridgehead atoms. The standard InChI is InChI=1S/C25H19F2N9O/c26-17-8-14(9-20-22(17)24(37)33-21-12-30-13-36(20)21)23-18(27)11-31-25(34-23)32-16-1-2-19(15(7-16)10-28)35-5-3-29-4-6-35/h1-2,7-9,11-13,29H,3-6H2,(H,33,37)(H,31,32,34). The minimum atomic E-state index is -0.820. The summed E-state index contributed by atoms with van der Waals surface area (Å²) in [6.07, 6.45) is 3.84. The molecule has 37 heavy (non-hydrogen) atoms. The van der Waals surface area contributed by atoms with Gasteiger partial charge in [0.2, 0.25) is 5.95 Å². The summed E-state index contributed by atoms with van der Waals surface area (Å²) in [4.78, 5) is 29.3. The van der Waals surface area contributed by atoms with Crippen molar-refractivity contribution in [1.82, 2.24) is 29.7 Å². The van der Waals surface area contributed by atoms with E-state index in [9.17, 15) is 14.4 Å². The van der Waals surface area contributed by atoms with Crippen molar-refractivity contribution in [2.24, 2.45) is 0 Å². The van der Waals surface area contributed by atoms with Gasteiger partial charge >= 0.3 is 0 Å². The molecule has 10 nitrogen and oxygen atoms in total. The van der Waals surface area contributed by atoms with Crippen LogP contribution >= 0.6 is 0 Å². The molecule has 184 valence electrons. The molecule has 0 atom stereocenters. The molecule has 3 N–H and O–H groups in total. The molecule has 0 radical (unpaired) electrons. The number of nitrogens with one attached hydrogen (secondary N) is 3. The number of anilines is 3. The van der Waals surface area contributed by atoms with Crippen molar-refractivity contribution >= 4 is 33.9 Å². The molecule has 4 heterocycles. The Morgan fingerprint density at radius 3 is 2.73 bits per heavy atom. The summed E-state index contributed by atoms with van der Waals surface area (Å²) in [6, 6.07) is 10.1. The highest BCUT2D eigenvalue weighted by Crippen LogP contribution is 2.29. The van der Waals surface area contributed by atoms with Crippen LogP contribution < -0.4 is 21.1 Å². The topological polar surface area (TPSA) is 127 Å². The minimum Gasteiger partial charge on any atom is -0.368 e. The normalized spacial score (nSPS) is 13.7. The van der Waals surface area contributed by atoms with E-state index in [1.807, 2.05) is 6.07 Å². The number of nitrogens with zero attached hydrogens (tertiary/aromatic N) is 6. The van der Waals surface area contributed by atoms with Crippen LogP contribution in [0.5, 0.6) is 0 Å². The van der Waals surface area contributed by atoms with Crippen LogP contribution in [0.4, 0.5) is 26.1 Å². The summed E-state index contributed by atoms with van der Waals surface area (Å²) >= 11 is 0. The Morgan fingerprint density at radius 2 is 1.92 bits per heavy atom. The Balaban J connectivity index is 1.38. The lowest BCUT2D eigenvalue weighted by molar-refractivity contribution is 0.589. The number of aromatic amines is 1. The quantitative estimate of drug-likeness (QED) is 0.345. The fraction of sp³-hybridized carbons (Fsp3) is 0.160. The minimum absolute atomic E-state index is 0.0643. The highest BCUT2D eigenvalue weighted by Gasteiger charge is 2.18. The number of halogens is 2. The Labute approximate surface area is 208 Å². The zero-order chi connectivity index (χ0) is 25.5. The Hall–Kier alpha value is -4.89. The van der Waals surface area contributed by atoms with Gasteiger partial charge < -0.3 is 20.5 Å². The molecule has 0 spiro atoms. The summed E-state index contributed by atoms with van der Waals surface area (Å²) < 4.78 is 31.3. The summed E-state index contributed by atoms with van der Waals surface area (Å²) in [6.45, 7) is 3.28. The Morgan fingerprint density at radius 1 is 1.08 bits per heavy atom. The number of nitriles is 1. The summed E-state index contributed by atoms with van der Waals surface area (Å²) in [7, 11) is 0. The zero-order valence-electron chi connectivity index (χ0n) is 19.3. The summed E-state index contributed by atoms with van der Waals surface area (Å²) in [5.74, 6) is -1.52. The molecule has 1 aliphatic heterocycles. The first-order valence-corrected chi connectivity index (χ1v) is 11.5. The average molecular weight is 499 g/mol. The first kappa shape index (κ1) is 22.6. The first-order valence-electron chi connectivity index (χ1n) is 11.5. The van der Waals surface area contributed by atoms with Crippen LogP contribution in [0, 0.1) is 23.0 Å². The van der Waals surface area contributed by atoms with E-state index in [0.717, 1.165) is 44.1 Å². The Kier molecular flexibility index (Phi) is 5.46. The molecule has 1 saturated heterocycles. The molecule has 0 unspecified atom stereocenters. The lowest BCUT2D eigenvalue weighted by Gasteiger charge is -2.30. The van der Waals surface area contributed by atoms with Gasteiger partial charge in [-0.3, -0.25) is 9.20 Å². The monoisotopic (exact) mass is 499 g/mol. The van der Waals surface area contributed by atoms with E-state index in [1.54, 1.807) is 12.1 Å². The number of piperazine rings is 1. The fourth-order valence-corrected chi connectivity index (χ4v) is 4.55. The molecule has 0 saturated carbocycles. The van der Waals surface area contributed by atoms with Crippen molar-refractivity contribution in [3.8, 4) is 17.3 Å². The second-order valence-corrected chi connectivity index (χ2v) is 8.55. The van der Waals surface area contributed by atoms with Crippen molar-refractivity contribution in [3.63, 3.8) is 0 Å². The van der Waals surface area contributed by atoms with Gasteiger partial charge in [0, 0.05) is 37.4 Å². The van der Waals surface area contributed by atoms with E-state index >= 15 is 4.39 Å². The van der Waals surface area contributed by atoms with Gasteiger partial charge in [-0.2, -0.15) is 5.26 Å². The van der Waals surface area contributed by atoms with Crippen LogP contribution in [0.1, 0.15) is 5.56 Å². The lowest BCUT2D eigenvalue weighted by atomic mass is 10.1. The SMILES string of the molecule is N#Cc1cc(Nc2ncc(F)c(-c3cc(F)c4c(=O)[nH]c5cncn5c4c3)n2)ccc1N1CCNCC1.